The van der Waals surface area contributed by atoms with Crippen LogP contribution in [0.1, 0.15) is 73.3 Å². The highest BCUT2D eigenvalue weighted by Gasteiger charge is 2.43. The number of alkyl halides is 3. The first-order valence-electron chi connectivity index (χ1n) is 12.3. The number of allylic oxidation sites excluding steroid dienone is 1. The van der Waals surface area contributed by atoms with Crippen LogP contribution in [-0.4, -0.2) is 40.3 Å². The Hall–Kier alpha value is -3.34. The highest BCUT2D eigenvalue weighted by molar-refractivity contribution is 5.99. The summed E-state index contributed by atoms with van der Waals surface area (Å²) >= 11 is 0. The maximum absolute atomic E-state index is 13.9. The minimum atomic E-state index is -4.64. The zero-order chi connectivity index (χ0) is 27.1. The van der Waals surface area contributed by atoms with E-state index in [9.17, 15) is 22.8 Å². The second-order valence-electron chi connectivity index (χ2n) is 10.6. The van der Waals surface area contributed by atoms with Crippen LogP contribution >= 0.6 is 0 Å². The molecule has 37 heavy (non-hydrogen) atoms. The van der Waals surface area contributed by atoms with Gasteiger partial charge in [0.25, 0.3) is 5.91 Å². The number of nitrogens with zero attached hydrogens (tertiary/aromatic N) is 2. The van der Waals surface area contributed by atoms with Crippen LogP contribution in [0.5, 0.6) is 0 Å². The number of hydrogen-bond acceptors (Lipinski definition) is 6. The second kappa shape index (κ2) is 9.85. The summed E-state index contributed by atoms with van der Waals surface area (Å²) in [6, 6.07) is 4.61. The minimum absolute atomic E-state index is 0.0443. The molecule has 2 aliphatic rings. The van der Waals surface area contributed by atoms with Gasteiger partial charge in [-0.05, 0) is 67.7 Å². The molecule has 4 rings (SSSR count). The van der Waals surface area contributed by atoms with E-state index in [-0.39, 0.29) is 35.2 Å². The number of aromatic nitrogens is 2. The first-order valence-corrected chi connectivity index (χ1v) is 12.3. The van der Waals surface area contributed by atoms with Crippen LogP contribution < -0.4 is 16.8 Å². The van der Waals surface area contributed by atoms with Crippen molar-refractivity contribution < 1.29 is 27.5 Å². The van der Waals surface area contributed by atoms with Gasteiger partial charge in [0.2, 0.25) is 0 Å². The van der Waals surface area contributed by atoms with Crippen molar-refractivity contribution in [3.05, 3.63) is 47.3 Å². The average molecular weight is 520 g/mol. The third kappa shape index (κ3) is 5.66. The monoisotopic (exact) mass is 519 g/mol. The summed E-state index contributed by atoms with van der Waals surface area (Å²) in [5.74, 6) is -1.11. The molecule has 5 N–H and O–H groups in total. The molecule has 1 aromatic carbocycles. The van der Waals surface area contributed by atoms with Gasteiger partial charge in [-0.3, -0.25) is 9.59 Å². The molecule has 0 spiro atoms. The molecule has 0 bridgehead atoms. The Morgan fingerprint density at radius 2 is 1.89 bits per heavy atom. The van der Waals surface area contributed by atoms with Gasteiger partial charge in [-0.15, -0.1) is 0 Å². The van der Waals surface area contributed by atoms with Crippen LogP contribution in [0.25, 0.3) is 11.3 Å². The van der Waals surface area contributed by atoms with E-state index in [4.69, 9.17) is 16.2 Å². The third-order valence-electron chi connectivity index (χ3n) is 6.95. The van der Waals surface area contributed by atoms with Gasteiger partial charge in [0.1, 0.15) is 6.10 Å². The molecular weight excluding hydrogens is 487 g/mol. The van der Waals surface area contributed by atoms with E-state index in [2.05, 4.69) is 17.0 Å². The fourth-order valence-corrected chi connectivity index (χ4v) is 5.36. The molecule has 0 radical (unpaired) electrons. The lowest BCUT2D eigenvalue weighted by Gasteiger charge is -2.32. The number of nitrogens with two attached hydrogens (primary N) is 2. The lowest BCUT2D eigenvalue weighted by molar-refractivity contribution is -0.148. The highest BCUT2D eigenvalue weighted by atomic mass is 19.4. The van der Waals surface area contributed by atoms with Crippen molar-refractivity contribution in [3.8, 4) is 5.69 Å². The standard InChI is InChI=1S/C26H32F3N5O3/c1-14-11-25(2,3)12-20-22(14)23(26(27,28)29)33-34(20)16-6-9-18(24(31)36)19(10-16)32-15-4-7-17(8-5-15)37-21(35)13-30/h6,9-10,15,17,32H,1,4-5,7-8,11-13,30H2,2-3H3,(H2,31,36). The smallest absolute Gasteiger partial charge is 0.435 e. The summed E-state index contributed by atoms with van der Waals surface area (Å²) in [7, 11) is 0. The molecule has 1 fully saturated rings. The Bertz CT molecular complexity index is 1230. The highest BCUT2D eigenvalue weighted by Crippen LogP contribution is 2.46. The Labute approximate surface area is 213 Å². The molecule has 0 unspecified atom stereocenters. The molecule has 11 heteroatoms. The zero-order valence-electron chi connectivity index (χ0n) is 21.0. The number of halogens is 3. The average Bonchev–Trinajstić information content (AvgIpc) is 3.19. The molecule has 1 aromatic heterocycles. The molecule has 1 amide bonds. The molecule has 200 valence electrons. The normalized spacial score (nSPS) is 21.3. The maximum atomic E-state index is 13.9. The maximum Gasteiger partial charge on any atom is 0.435 e. The number of primary amides is 1. The fourth-order valence-electron chi connectivity index (χ4n) is 5.36. The fraction of sp³-hybridized carbons (Fsp3) is 0.500. The van der Waals surface area contributed by atoms with Gasteiger partial charge in [-0.25, -0.2) is 4.68 Å². The second-order valence-corrected chi connectivity index (χ2v) is 10.6. The van der Waals surface area contributed by atoms with Crippen molar-refractivity contribution in [3.63, 3.8) is 0 Å². The third-order valence-corrected chi connectivity index (χ3v) is 6.95. The van der Waals surface area contributed by atoms with Crippen molar-refractivity contribution >= 4 is 23.1 Å². The molecule has 2 aromatic rings. The minimum Gasteiger partial charge on any atom is -0.461 e. The Balaban J connectivity index is 1.68. The summed E-state index contributed by atoms with van der Waals surface area (Å²) < 4.78 is 48.4. The van der Waals surface area contributed by atoms with E-state index in [1.165, 1.54) is 10.7 Å². The van der Waals surface area contributed by atoms with Gasteiger partial charge in [-0.1, -0.05) is 20.4 Å². The lowest BCUT2D eigenvalue weighted by atomic mass is 9.74. The van der Waals surface area contributed by atoms with E-state index in [0.29, 0.717) is 61.2 Å². The number of hydrogen-bond donors (Lipinski definition) is 3. The number of ether oxygens (including phenoxy) is 1. The summed E-state index contributed by atoms with van der Waals surface area (Å²) in [6.45, 7) is 7.72. The van der Waals surface area contributed by atoms with Gasteiger partial charge in [0.15, 0.2) is 5.69 Å². The van der Waals surface area contributed by atoms with Crippen LogP contribution in [0.2, 0.25) is 0 Å². The number of amides is 1. The van der Waals surface area contributed by atoms with E-state index >= 15 is 0 Å². The number of carbonyl (C=O) groups excluding carboxylic acids is 2. The summed E-state index contributed by atoms with van der Waals surface area (Å²) in [5.41, 5.74) is 11.6. The zero-order valence-corrected chi connectivity index (χ0v) is 21.0. The van der Waals surface area contributed by atoms with Crippen LogP contribution in [0, 0.1) is 5.41 Å². The number of nitrogens with one attached hydrogen (secondary N) is 1. The van der Waals surface area contributed by atoms with Crippen molar-refractivity contribution in [1.29, 1.82) is 0 Å². The Morgan fingerprint density at radius 3 is 2.49 bits per heavy atom. The van der Waals surface area contributed by atoms with E-state index in [1.54, 1.807) is 12.1 Å². The molecule has 0 saturated heterocycles. The number of anilines is 1. The van der Waals surface area contributed by atoms with Crippen molar-refractivity contribution in [2.24, 2.45) is 16.9 Å². The quantitative estimate of drug-likeness (QED) is 0.491. The van der Waals surface area contributed by atoms with Gasteiger partial charge in [-0.2, -0.15) is 18.3 Å². The number of carbonyl (C=O) groups is 2. The van der Waals surface area contributed by atoms with Crippen molar-refractivity contribution in [1.82, 2.24) is 9.78 Å². The Morgan fingerprint density at radius 1 is 1.22 bits per heavy atom. The molecule has 2 aliphatic carbocycles. The van der Waals surface area contributed by atoms with Gasteiger partial charge >= 0.3 is 12.1 Å². The SMILES string of the molecule is C=C1CC(C)(C)Cc2c1c(C(F)(F)F)nn2-c1ccc(C(N)=O)c(NC2CCC(OC(=O)CN)CC2)c1. The summed E-state index contributed by atoms with van der Waals surface area (Å²) in [6.07, 6.45) is -1.48. The van der Waals surface area contributed by atoms with Crippen LogP contribution in [0.15, 0.2) is 24.8 Å². The molecule has 1 heterocycles. The van der Waals surface area contributed by atoms with E-state index in [1.807, 2.05) is 13.8 Å². The van der Waals surface area contributed by atoms with E-state index in [0.717, 1.165) is 0 Å². The van der Waals surface area contributed by atoms with Gasteiger partial charge < -0.3 is 21.5 Å². The molecule has 0 atom stereocenters. The van der Waals surface area contributed by atoms with Crippen LogP contribution in [-0.2, 0) is 22.1 Å². The van der Waals surface area contributed by atoms with Crippen molar-refractivity contribution in [2.45, 2.75) is 70.7 Å². The van der Waals surface area contributed by atoms with Crippen LogP contribution in [0.3, 0.4) is 0 Å². The number of rotatable bonds is 6. The molecule has 0 aliphatic heterocycles. The van der Waals surface area contributed by atoms with E-state index < -0.39 is 23.7 Å². The largest absolute Gasteiger partial charge is 0.461 e. The first-order chi connectivity index (χ1) is 17.3. The molecule has 1 saturated carbocycles. The number of fused-ring (bicyclic) bond motifs is 1. The molecular formula is C26H32F3N5O3. The van der Waals surface area contributed by atoms with Crippen molar-refractivity contribution in [2.75, 3.05) is 11.9 Å². The summed E-state index contributed by atoms with van der Waals surface area (Å²) in [5, 5.41) is 7.31. The topological polar surface area (TPSA) is 125 Å². The molecule has 8 nitrogen and oxygen atoms in total. The first kappa shape index (κ1) is 26.7. The predicted octanol–water partition coefficient (Wildman–Crippen LogP) is 4.20. The van der Waals surface area contributed by atoms with Gasteiger partial charge in [0, 0.05) is 17.3 Å². The lowest BCUT2D eigenvalue weighted by Crippen LogP contribution is -2.33. The number of benzene rings is 1. The summed E-state index contributed by atoms with van der Waals surface area (Å²) in [4.78, 5) is 23.6. The Kier molecular flexibility index (Phi) is 7.11. The number of esters is 1. The predicted molar refractivity (Wildman–Crippen MR) is 133 cm³/mol. The van der Waals surface area contributed by atoms with Crippen LogP contribution in [0.4, 0.5) is 18.9 Å². The van der Waals surface area contributed by atoms with Gasteiger partial charge in [0.05, 0.1) is 23.5 Å².